The van der Waals surface area contributed by atoms with Crippen molar-refractivity contribution in [2.24, 2.45) is 11.7 Å². The molecule has 2 rings (SSSR count). The molecule has 1 heterocycles. The Bertz CT molecular complexity index is 464. The van der Waals surface area contributed by atoms with Gasteiger partial charge in [-0.05, 0) is 24.6 Å². The summed E-state index contributed by atoms with van der Waals surface area (Å²) < 4.78 is 10.9. The highest BCUT2D eigenvalue weighted by Crippen LogP contribution is 2.15. The zero-order valence-corrected chi connectivity index (χ0v) is 12.0. The highest BCUT2D eigenvalue weighted by molar-refractivity contribution is 5.79. The van der Waals surface area contributed by atoms with Crippen LogP contribution < -0.4 is 10.5 Å². The number of nitrogens with zero attached hydrogens (tertiary/aromatic N) is 1. The summed E-state index contributed by atoms with van der Waals surface area (Å²) in [5.41, 5.74) is 7.00. The summed E-state index contributed by atoms with van der Waals surface area (Å²) in [5, 5.41) is 0. The van der Waals surface area contributed by atoms with Gasteiger partial charge in [-0.25, -0.2) is 0 Å². The number of hydrogen-bond donors (Lipinski definition) is 1. The molecule has 2 N–H and O–H groups in total. The third-order valence-corrected chi connectivity index (χ3v) is 3.50. The predicted molar refractivity (Wildman–Crippen MR) is 76.6 cm³/mol. The number of ether oxygens (including phenoxy) is 2. The summed E-state index contributed by atoms with van der Waals surface area (Å²) in [6, 6.07) is 7.67. The van der Waals surface area contributed by atoms with E-state index in [1.165, 1.54) is 0 Å². The smallest absolute Gasteiger partial charge is 0.229 e. The minimum atomic E-state index is -0.223. The molecule has 1 amide bonds. The first kappa shape index (κ1) is 14.8. The van der Waals surface area contributed by atoms with Crippen molar-refractivity contribution in [3.05, 3.63) is 29.8 Å². The maximum absolute atomic E-state index is 12.2. The van der Waals surface area contributed by atoms with Crippen molar-refractivity contribution in [2.75, 3.05) is 33.4 Å². The molecule has 0 bridgehead atoms. The van der Waals surface area contributed by atoms with Gasteiger partial charge in [-0.15, -0.1) is 0 Å². The van der Waals surface area contributed by atoms with Gasteiger partial charge in [0, 0.05) is 13.1 Å². The summed E-state index contributed by atoms with van der Waals surface area (Å²) in [6.07, 6.45) is 0. The zero-order chi connectivity index (χ0) is 14.5. The average Bonchev–Trinajstić information content (AvgIpc) is 2.84. The Morgan fingerprint density at radius 3 is 2.95 bits per heavy atom. The number of carbonyl (C=O) groups excluding carboxylic acids is 1. The van der Waals surface area contributed by atoms with E-state index in [4.69, 9.17) is 15.2 Å². The number of nitrogens with two attached hydrogens (primary N) is 1. The molecule has 0 aliphatic carbocycles. The Kier molecular flexibility index (Phi) is 4.98. The molecule has 0 aromatic heterocycles. The molecule has 1 aliphatic heterocycles. The summed E-state index contributed by atoms with van der Waals surface area (Å²) >= 11 is 0. The molecule has 110 valence electrons. The summed E-state index contributed by atoms with van der Waals surface area (Å²) in [6.45, 7) is 3.90. The van der Waals surface area contributed by atoms with Gasteiger partial charge in [0.25, 0.3) is 0 Å². The molecule has 1 aromatic carbocycles. The highest BCUT2D eigenvalue weighted by Gasteiger charge is 2.33. The number of rotatable bonds is 5. The van der Waals surface area contributed by atoms with Crippen LogP contribution >= 0.6 is 0 Å². The van der Waals surface area contributed by atoms with Crippen LogP contribution in [0.4, 0.5) is 0 Å². The lowest BCUT2D eigenvalue weighted by Gasteiger charge is -2.22. The van der Waals surface area contributed by atoms with Crippen molar-refractivity contribution >= 4 is 5.91 Å². The fourth-order valence-electron chi connectivity index (χ4n) is 2.22. The molecule has 2 unspecified atom stereocenters. The number of likely N-dealkylation sites (N-methyl/N-ethyl adjacent to an activating group) is 1. The quantitative estimate of drug-likeness (QED) is 0.865. The number of benzene rings is 1. The van der Waals surface area contributed by atoms with Gasteiger partial charge in [-0.3, -0.25) is 4.79 Å². The number of hydrogen-bond acceptors (Lipinski definition) is 4. The fourth-order valence-corrected chi connectivity index (χ4v) is 2.22. The highest BCUT2D eigenvalue weighted by atomic mass is 16.5. The topological polar surface area (TPSA) is 64.8 Å². The minimum absolute atomic E-state index is 0.0304. The third kappa shape index (κ3) is 3.71. The van der Waals surface area contributed by atoms with Crippen LogP contribution in [0.25, 0.3) is 0 Å². The molecule has 0 radical (unpaired) electrons. The predicted octanol–water partition coefficient (Wildman–Crippen LogP) is 0.806. The first-order valence-corrected chi connectivity index (χ1v) is 6.85. The first-order valence-electron chi connectivity index (χ1n) is 6.85. The second-order valence-corrected chi connectivity index (χ2v) is 5.23. The van der Waals surface area contributed by atoms with E-state index in [-0.39, 0.29) is 17.9 Å². The van der Waals surface area contributed by atoms with E-state index in [0.29, 0.717) is 26.4 Å². The Morgan fingerprint density at radius 1 is 1.50 bits per heavy atom. The normalized spacial score (nSPS) is 21.8. The SMILES string of the molecule is Cc1cccc(OCCN(C)C(=O)C2COCC2N)c1. The number of amides is 1. The average molecular weight is 278 g/mol. The lowest BCUT2D eigenvalue weighted by molar-refractivity contribution is -0.134. The maximum atomic E-state index is 12.2. The number of carbonyl (C=O) groups is 1. The van der Waals surface area contributed by atoms with Gasteiger partial charge in [0.15, 0.2) is 0 Å². The van der Waals surface area contributed by atoms with Crippen LogP contribution in [0.5, 0.6) is 5.75 Å². The Hall–Kier alpha value is -1.59. The van der Waals surface area contributed by atoms with Crippen molar-refractivity contribution in [1.82, 2.24) is 4.90 Å². The second kappa shape index (κ2) is 6.72. The van der Waals surface area contributed by atoms with Gasteiger partial charge in [0.2, 0.25) is 5.91 Å². The van der Waals surface area contributed by atoms with Gasteiger partial charge in [0.05, 0.1) is 25.7 Å². The second-order valence-electron chi connectivity index (χ2n) is 5.23. The third-order valence-electron chi connectivity index (χ3n) is 3.50. The van der Waals surface area contributed by atoms with Crippen LogP contribution in [-0.2, 0) is 9.53 Å². The van der Waals surface area contributed by atoms with Crippen LogP contribution in [0, 0.1) is 12.8 Å². The Balaban J connectivity index is 1.77. The largest absolute Gasteiger partial charge is 0.492 e. The number of aryl methyl sites for hydroxylation is 1. The molecule has 0 saturated carbocycles. The fraction of sp³-hybridized carbons (Fsp3) is 0.533. The molecule has 1 aliphatic rings. The zero-order valence-electron chi connectivity index (χ0n) is 12.0. The Morgan fingerprint density at radius 2 is 2.30 bits per heavy atom. The van der Waals surface area contributed by atoms with E-state index >= 15 is 0 Å². The molecule has 1 aromatic rings. The molecular weight excluding hydrogens is 256 g/mol. The molecular formula is C15H22N2O3. The molecule has 5 heteroatoms. The van der Waals surface area contributed by atoms with Gasteiger partial charge in [-0.1, -0.05) is 12.1 Å². The van der Waals surface area contributed by atoms with Crippen molar-refractivity contribution in [2.45, 2.75) is 13.0 Å². The van der Waals surface area contributed by atoms with Crippen LogP contribution in [0.1, 0.15) is 5.56 Å². The Labute approximate surface area is 119 Å². The molecule has 1 saturated heterocycles. The molecule has 1 fully saturated rings. The van der Waals surface area contributed by atoms with Gasteiger partial charge in [-0.2, -0.15) is 0 Å². The van der Waals surface area contributed by atoms with Crippen LogP contribution in [0.3, 0.4) is 0 Å². The van der Waals surface area contributed by atoms with E-state index in [0.717, 1.165) is 11.3 Å². The summed E-state index contributed by atoms with van der Waals surface area (Å²) in [5.74, 6) is 0.633. The van der Waals surface area contributed by atoms with Gasteiger partial charge >= 0.3 is 0 Å². The summed E-state index contributed by atoms with van der Waals surface area (Å²) in [4.78, 5) is 13.8. The standard InChI is InChI=1S/C15H22N2O3/c1-11-4-3-5-12(8-11)20-7-6-17(2)15(18)13-9-19-10-14(13)16/h3-5,8,13-14H,6-7,9-10,16H2,1-2H3. The van der Waals surface area contributed by atoms with Crippen molar-refractivity contribution < 1.29 is 14.3 Å². The van der Waals surface area contributed by atoms with Crippen LogP contribution in [-0.4, -0.2) is 50.3 Å². The maximum Gasteiger partial charge on any atom is 0.229 e. The lowest BCUT2D eigenvalue weighted by atomic mass is 10.0. The molecule has 20 heavy (non-hydrogen) atoms. The summed E-state index contributed by atoms with van der Waals surface area (Å²) in [7, 11) is 1.77. The molecule has 5 nitrogen and oxygen atoms in total. The van der Waals surface area contributed by atoms with Crippen LogP contribution in [0.2, 0.25) is 0 Å². The van der Waals surface area contributed by atoms with E-state index < -0.39 is 0 Å². The van der Waals surface area contributed by atoms with Gasteiger partial charge in [0.1, 0.15) is 12.4 Å². The van der Waals surface area contributed by atoms with Crippen molar-refractivity contribution in [1.29, 1.82) is 0 Å². The van der Waals surface area contributed by atoms with E-state index in [1.807, 2.05) is 31.2 Å². The van der Waals surface area contributed by atoms with Crippen LogP contribution in [0.15, 0.2) is 24.3 Å². The first-order chi connectivity index (χ1) is 9.58. The minimum Gasteiger partial charge on any atom is -0.492 e. The molecule has 0 spiro atoms. The van der Waals surface area contributed by atoms with E-state index in [9.17, 15) is 4.79 Å². The monoisotopic (exact) mass is 278 g/mol. The lowest BCUT2D eigenvalue weighted by Crippen LogP contribution is -2.43. The van der Waals surface area contributed by atoms with E-state index in [2.05, 4.69) is 0 Å². The van der Waals surface area contributed by atoms with Crippen molar-refractivity contribution in [3.8, 4) is 5.75 Å². The molecule has 2 atom stereocenters. The van der Waals surface area contributed by atoms with E-state index in [1.54, 1.807) is 11.9 Å². The van der Waals surface area contributed by atoms with Crippen molar-refractivity contribution in [3.63, 3.8) is 0 Å². The van der Waals surface area contributed by atoms with Gasteiger partial charge < -0.3 is 20.1 Å².